The summed E-state index contributed by atoms with van der Waals surface area (Å²) in [5.74, 6) is 0.272. The number of carbonyl (C=O) groups excluding carboxylic acids is 2. The van der Waals surface area contributed by atoms with Crippen LogP contribution < -0.4 is 0 Å². The summed E-state index contributed by atoms with van der Waals surface area (Å²) in [4.78, 5) is 32.1. The standard InChI is InChI=1S/C23H27N3O2/c27-22(20-11-5-2-6-12-20)26-17-15-24(16-18-26)21(19-9-3-1-4-10-19)23(28)25-13-7-8-14-25/h1-6,9-12,21H,7-8,13-18H2/t21-/m0/s1. The summed E-state index contributed by atoms with van der Waals surface area (Å²) in [6, 6.07) is 19.2. The third-order valence-corrected chi connectivity index (χ3v) is 5.75. The molecule has 2 aliphatic heterocycles. The molecule has 0 saturated carbocycles. The molecule has 0 unspecified atom stereocenters. The predicted molar refractivity (Wildman–Crippen MR) is 109 cm³/mol. The molecule has 2 amide bonds. The number of amides is 2. The number of likely N-dealkylation sites (tertiary alicyclic amines) is 1. The molecule has 4 rings (SSSR count). The highest BCUT2D eigenvalue weighted by Crippen LogP contribution is 2.26. The number of hydrogen-bond donors (Lipinski definition) is 0. The van der Waals surface area contributed by atoms with Crippen molar-refractivity contribution >= 4 is 11.8 Å². The molecule has 2 aromatic carbocycles. The molecule has 0 bridgehead atoms. The summed E-state index contributed by atoms with van der Waals surface area (Å²) in [5.41, 5.74) is 1.77. The van der Waals surface area contributed by atoms with E-state index in [1.54, 1.807) is 0 Å². The Morgan fingerprint density at radius 3 is 1.86 bits per heavy atom. The molecule has 28 heavy (non-hydrogen) atoms. The highest BCUT2D eigenvalue weighted by atomic mass is 16.2. The molecule has 0 radical (unpaired) electrons. The molecule has 0 N–H and O–H groups in total. The minimum absolute atomic E-state index is 0.0716. The van der Waals surface area contributed by atoms with Gasteiger partial charge in [0.15, 0.2) is 0 Å². The van der Waals surface area contributed by atoms with E-state index >= 15 is 0 Å². The first-order chi connectivity index (χ1) is 13.7. The van der Waals surface area contributed by atoms with Crippen molar-refractivity contribution in [1.29, 1.82) is 0 Å². The molecule has 2 heterocycles. The van der Waals surface area contributed by atoms with Gasteiger partial charge < -0.3 is 9.80 Å². The van der Waals surface area contributed by atoms with Crippen LogP contribution in [0.3, 0.4) is 0 Å². The van der Waals surface area contributed by atoms with Gasteiger partial charge in [0.2, 0.25) is 5.91 Å². The Morgan fingerprint density at radius 2 is 1.25 bits per heavy atom. The maximum atomic E-state index is 13.3. The molecule has 2 aromatic rings. The van der Waals surface area contributed by atoms with Crippen LogP contribution in [0.5, 0.6) is 0 Å². The number of piperazine rings is 1. The van der Waals surface area contributed by atoms with Crippen molar-refractivity contribution in [1.82, 2.24) is 14.7 Å². The van der Waals surface area contributed by atoms with Gasteiger partial charge in [-0.25, -0.2) is 0 Å². The molecule has 0 aliphatic carbocycles. The fraction of sp³-hybridized carbons (Fsp3) is 0.391. The topological polar surface area (TPSA) is 43.9 Å². The number of benzene rings is 2. The molecule has 2 aliphatic rings. The molecular formula is C23H27N3O2. The van der Waals surface area contributed by atoms with E-state index in [9.17, 15) is 9.59 Å². The Hall–Kier alpha value is -2.66. The summed E-state index contributed by atoms with van der Waals surface area (Å²) in [5, 5.41) is 0. The Kier molecular flexibility index (Phi) is 5.72. The molecule has 1 atom stereocenters. The van der Waals surface area contributed by atoms with Crippen LogP contribution in [0.1, 0.15) is 34.8 Å². The van der Waals surface area contributed by atoms with Crippen LogP contribution in [-0.2, 0) is 4.79 Å². The lowest BCUT2D eigenvalue weighted by Gasteiger charge is -2.40. The van der Waals surface area contributed by atoms with Gasteiger partial charge in [0, 0.05) is 44.8 Å². The van der Waals surface area contributed by atoms with E-state index in [4.69, 9.17) is 0 Å². The normalized spacial score (nSPS) is 18.9. The van der Waals surface area contributed by atoms with Crippen molar-refractivity contribution in [3.05, 3.63) is 71.8 Å². The predicted octanol–water partition coefficient (Wildman–Crippen LogP) is 2.81. The minimum Gasteiger partial charge on any atom is -0.341 e. The van der Waals surface area contributed by atoms with Crippen molar-refractivity contribution in [3.63, 3.8) is 0 Å². The monoisotopic (exact) mass is 377 g/mol. The molecule has 0 spiro atoms. The van der Waals surface area contributed by atoms with Gasteiger partial charge in [-0.2, -0.15) is 0 Å². The van der Waals surface area contributed by atoms with Crippen LogP contribution in [0.25, 0.3) is 0 Å². The van der Waals surface area contributed by atoms with Crippen molar-refractivity contribution in [2.24, 2.45) is 0 Å². The Labute approximate surface area is 166 Å². The van der Waals surface area contributed by atoms with Gasteiger partial charge in [0.25, 0.3) is 5.91 Å². The highest BCUT2D eigenvalue weighted by Gasteiger charge is 2.35. The van der Waals surface area contributed by atoms with Crippen LogP contribution in [-0.4, -0.2) is 65.8 Å². The van der Waals surface area contributed by atoms with Gasteiger partial charge in [0.1, 0.15) is 6.04 Å². The SMILES string of the molecule is O=C(c1ccccc1)N1CCN([C@H](C(=O)N2CCCC2)c2ccccc2)CC1. The Morgan fingerprint density at radius 1 is 0.679 bits per heavy atom. The quantitative estimate of drug-likeness (QED) is 0.823. The van der Waals surface area contributed by atoms with Crippen LogP contribution in [0.15, 0.2) is 60.7 Å². The fourth-order valence-electron chi connectivity index (χ4n) is 4.20. The van der Waals surface area contributed by atoms with Gasteiger partial charge in [0.05, 0.1) is 0 Å². The van der Waals surface area contributed by atoms with E-state index < -0.39 is 0 Å². The lowest BCUT2D eigenvalue weighted by Crippen LogP contribution is -2.52. The first-order valence-electron chi connectivity index (χ1n) is 10.2. The van der Waals surface area contributed by atoms with Crippen molar-refractivity contribution < 1.29 is 9.59 Å². The molecule has 5 nitrogen and oxygen atoms in total. The average Bonchev–Trinajstić information content (AvgIpc) is 3.30. The molecule has 2 saturated heterocycles. The van der Waals surface area contributed by atoms with Crippen LogP contribution in [0, 0.1) is 0 Å². The summed E-state index contributed by atoms with van der Waals surface area (Å²) in [6.45, 7) is 4.41. The lowest BCUT2D eigenvalue weighted by atomic mass is 10.0. The van der Waals surface area contributed by atoms with E-state index in [-0.39, 0.29) is 17.9 Å². The molecule has 2 fully saturated rings. The second-order valence-electron chi connectivity index (χ2n) is 7.54. The maximum absolute atomic E-state index is 13.3. The highest BCUT2D eigenvalue weighted by molar-refractivity contribution is 5.94. The number of carbonyl (C=O) groups is 2. The van der Waals surface area contributed by atoms with Gasteiger partial charge in [-0.1, -0.05) is 48.5 Å². The number of hydrogen-bond acceptors (Lipinski definition) is 3. The summed E-state index contributed by atoms with van der Waals surface area (Å²) in [7, 11) is 0. The van der Waals surface area contributed by atoms with Gasteiger partial charge in [-0.15, -0.1) is 0 Å². The molecule has 146 valence electrons. The first kappa shape index (κ1) is 18.7. The zero-order valence-corrected chi connectivity index (χ0v) is 16.2. The van der Waals surface area contributed by atoms with Crippen LogP contribution in [0.2, 0.25) is 0 Å². The summed E-state index contributed by atoms with van der Waals surface area (Å²) >= 11 is 0. The zero-order valence-electron chi connectivity index (χ0n) is 16.2. The molecule has 5 heteroatoms. The second kappa shape index (κ2) is 8.57. The summed E-state index contributed by atoms with van der Waals surface area (Å²) in [6.07, 6.45) is 2.18. The van der Waals surface area contributed by atoms with Crippen LogP contribution in [0.4, 0.5) is 0 Å². The van der Waals surface area contributed by atoms with E-state index in [0.29, 0.717) is 26.2 Å². The lowest BCUT2D eigenvalue weighted by molar-refractivity contribution is -0.136. The third kappa shape index (κ3) is 3.94. The van der Waals surface area contributed by atoms with Crippen molar-refractivity contribution in [3.8, 4) is 0 Å². The average molecular weight is 377 g/mol. The maximum Gasteiger partial charge on any atom is 0.253 e. The van der Waals surface area contributed by atoms with E-state index in [1.807, 2.05) is 70.5 Å². The first-order valence-corrected chi connectivity index (χ1v) is 10.2. The second-order valence-corrected chi connectivity index (χ2v) is 7.54. The van der Waals surface area contributed by atoms with Crippen molar-refractivity contribution in [2.75, 3.05) is 39.3 Å². The van der Waals surface area contributed by atoms with E-state index in [1.165, 1.54) is 0 Å². The van der Waals surface area contributed by atoms with E-state index in [2.05, 4.69) is 4.90 Å². The smallest absolute Gasteiger partial charge is 0.253 e. The molecular weight excluding hydrogens is 350 g/mol. The number of rotatable bonds is 4. The zero-order chi connectivity index (χ0) is 19.3. The third-order valence-electron chi connectivity index (χ3n) is 5.75. The van der Waals surface area contributed by atoms with Crippen LogP contribution >= 0.6 is 0 Å². The van der Waals surface area contributed by atoms with Crippen molar-refractivity contribution in [2.45, 2.75) is 18.9 Å². The largest absolute Gasteiger partial charge is 0.341 e. The fourth-order valence-corrected chi connectivity index (χ4v) is 4.20. The summed E-state index contributed by atoms with van der Waals surface area (Å²) < 4.78 is 0. The minimum atomic E-state index is -0.256. The number of nitrogens with zero attached hydrogens (tertiary/aromatic N) is 3. The van der Waals surface area contributed by atoms with Gasteiger partial charge in [-0.05, 0) is 30.5 Å². The van der Waals surface area contributed by atoms with E-state index in [0.717, 1.165) is 37.1 Å². The molecule has 0 aromatic heterocycles. The van der Waals surface area contributed by atoms with Gasteiger partial charge in [-0.3, -0.25) is 14.5 Å². The Balaban J connectivity index is 1.48. The van der Waals surface area contributed by atoms with Gasteiger partial charge >= 0.3 is 0 Å². The Bertz CT molecular complexity index is 795.